The van der Waals surface area contributed by atoms with E-state index in [9.17, 15) is 5.11 Å². The zero-order valence-electron chi connectivity index (χ0n) is 11.5. The summed E-state index contributed by atoms with van der Waals surface area (Å²) < 4.78 is 3.17. The van der Waals surface area contributed by atoms with Crippen LogP contribution in [0.25, 0.3) is 10.1 Å². The van der Waals surface area contributed by atoms with Gasteiger partial charge in [-0.05, 0) is 28.8 Å². The maximum absolute atomic E-state index is 10.4. The van der Waals surface area contributed by atoms with Crippen molar-refractivity contribution in [3.63, 3.8) is 0 Å². The predicted octanol–water partition coefficient (Wildman–Crippen LogP) is 3.78. The van der Waals surface area contributed by atoms with Crippen molar-refractivity contribution in [1.82, 2.24) is 9.78 Å². The van der Waals surface area contributed by atoms with E-state index < -0.39 is 6.10 Å². The number of thiophene rings is 1. The number of rotatable bonds is 5. The summed E-state index contributed by atoms with van der Waals surface area (Å²) in [5.74, 6) is 0. The molecule has 0 saturated carbocycles. The second-order valence-electron chi connectivity index (χ2n) is 5.01. The number of nitrogens with zero attached hydrogens (tertiary/aromatic N) is 2. The number of aromatic nitrogens is 2. The molecule has 20 heavy (non-hydrogen) atoms. The van der Waals surface area contributed by atoms with Crippen LogP contribution in [0.3, 0.4) is 0 Å². The number of benzene rings is 1. The Kier molecular flexibility index (Phi) is 3.85. The van der Waals surface area contributed by atoms with Crippen molar-refractivity contribution in [3.05, 3.63) is 53.2 Å². The molecular formula is C16H18N2OS. The van der Waals surface area contributed by atoms with Gasteiger partial charge in [0.1, 0.15) is 0 Å². The summed E-state index contributed by atoms with van der Waals surface area (Å²) in [6.07, 6.45) is 4.92. The summed E-state index contributed by atoms with van der Waals surface area (Å²) in [4.78, 5) is 0. The molecule has 4 heteroatoms. The Labute approximate surface area is 122 Å². The number of hydrogen-bond acceptors (Lipinski definition) is 3. The summed E-state index contributed by atoms with van der Waals surface area (Å²) in [6.45, 7) is 3.02. The van der Waals surface area contributed by atoms with Crippen LogP contribution in [0.5, 0.6) is 0 Å². The van der Waals surface area contributed by atoms with E-state index >= 15 is 0 Å². The molecule has 1 N–H and O–H groups in total. The van der Waals surface area contributed by atoms with Crippen molar-refractivity contribution in [2.24, 2.45) is 0 Å². The predicted molar refractivity (Wildman–Crippen MR) is 83.0 cm³/mol. The fourth-order valence-electron chi connectivity index (χ4n) is 2.42. The van der Waals surface area contributed by atoms with Gasteiger partial charge < -0.3 is 5.11 Å². The molecule has 0 aliphatic heterocycles. The van der Waals surface area contributed by atoms with Crippen LogP contribution in [-0.4, -0.2) is 14.9 Å². The first-order chi connectivity index (χ1) is 9.78. The van der Waals surface area contributed by atoms with Gasteiger partial charge in [-0.25, -0.2) is 0 Å². The quantitative estimate of drug-likeness (QED) is 0.775. The maximum Gasteiger partial charge on any atom is 0.0861 e. The number of aliphatic hydroxyl groups is 1. The molecule has 0 bridgehead atoms. The molecule has 0 aliphatic carbocycles. The topological polar surface area (TPSA) is 38.0 Å². The normalized spacial score (nSPS) is 12.9. The Bertz CT molecular complexity index is 701. The highest BCUT2D eigenvalue weighted by Gasteiger charge is 2.13. The molecule has 2 aromatic heterocycles. The number of aryl methyl sites for hydroxylation is 1. The fourth-order valence-corrected chi connectivity index (χ4v) is 3.40. The van der Waals surface area contributed by atoms with Crippen LogP contribution in [-0.2, 0) is 13.0 Å². The van der Waals surface area contributed by atoms with Gasteiger partial charge in [0, 0.05) is 29.4 Å². The largest absolute Gasteiger partial charge is 0.388 e. The minimum Gasteiger partial charge on any atom is -0.388 e. The molecule has 2 heterocycles. The third-order valence-electron chi connectivity index (χ3n) is 3.47. The molecule has 3 aromatic rings. The lowest BCUT2D eigenvalue weighted by atomic mass is 10.0. The van der Waals surface area contributed by atoms with E-state index in [1.165, 1.54) is 15.6 Å². The highest BCUT2D eigenvalue weighted by atomic mass is 32.1. The third kappa shape index (κ3) is 2.62. The van der Waals surface area contributed by atoms with Crippen molar-refractivity contribution in [3.8, 4) is 0 Å². The van der Waals surface area contributed by atoms with Crippen molar-refractivity contribution in [2.45, 2.75) is 32.4 Å². The third-order valence-corrected chi connectivity index (χ3v) is 4.48. The van der Waals surface area contributed by atoms with E-state index in [2.05, 4.69) is 29.5 Å². The Morgan fingerprint density at radius 3 is 3.05 bits per heavy atom. The molecule has 3 nitrogen and oxygen atoms in total. The van der Waals surface area contributed by atoms with Crippen LogP contribution in [0.1, 0.15) is 30.6 Å². The Hall–Kier alpha value is -1.65. The SMILES string of the molecule is CCCn1cc(C(O)Cc2csc3ccccc23)cn1. The summed E-state index contributed by atoms with van der Waals surface area (Å²) in [5, 5.41) is 18.1. The number of hydrogen-bond donors (Lipinski definition) is 1. The zero-order valence-corrected chi connectivity index (χ0v) is 12.3. The average Bonchev–Trinajstić information content (AvgIpc) is 3.07. The van der Waals surface area contributed by atoms with Gasteiger partial charge in [0.25, 0.3) is 0 Å². The highest BCUT2D eigenvalue weighted by molar-refractivity contribution is 7.17. The second kappa shape index (κ2) is 5.77. The van der Waals surface area contributed by atoms with Gasteiger partial charge in [-0.1, -0.05) is 25.1 Å². The van der Waals surface area contributed by atoms with E-state index in [0.29, 0.717) is 6.42 Å². The van der Waals surface area contributed by atoms with Gasteiger partial charge >= 0.3 is 0 Å². The van der Waals surface area contributed by atoms with Crippen molar-refractivity contribution in [1.29, 1.82) is 0 Å². The summed E-state index contributed by atoms with van der Waals surface area (Å²) in [7, 11) is 0. The lowest BCUT2D eigenvalue weighted by molar-refractivity contribution is 0.179. The summed E-state index contributed by atoms with van der Waals surface area (Å²) >= 11 is 1.73. The average molecular weight is 286 g/mol. The lowest BCUT2D eigenvalue weighted by Gasteiger charge is -2.07. The molecule has 1 atom stereocenters. The number of aliphatic hydroxyl groups excluding tert-OH is 1. The Balaban J connectivity index is 1.79. The van der Waals surface area contributed by atoms with Crippen molar-refractivity contribution >= 4 is 21.4 Å². The minimum absolute atomic E-state index is 0.487. The molecule has 1 aromatic carbocycles. The van der Waals surface area contributed by atoms with Gasteiger partial charge in [-0.3, -0.25) is 4.68 Å². The smallest absolute Gasteiger partial charge is 0.0861 e. The summed E-state index contributed by atoms with van der Waals surface area (Å²) in [5.41, 5.74) is 2.11. The molecule has 0 saturated heterocycles. The van der Waals surface area contributed by atoms with Crippen LogP contribution in [0.2, 0.25) is 0 Å². The molecule has 0 radical (unpaired) electrons. The zero-order chi connectivity index (χ0) is 13.9. The van der Waals surface area contributed by atoms with E-state index in [1.807, 2.05) is 23.0 Å². The van der Waals surface area contributed by atoms with Crippen LogP contribution in [0.4, 0.5) is 0 Å². The molecule has 3 rings (SSSR count). The Morgan fingerprint density at radius 2 is 2.20 bits per heavy atom. The first-order valence-electron chi connectivity index (χ1n) is 6.93. The second-order valence-corrected chi connectivity index (χ2v) is 5.92. The molecule has 104 valence electrons. The van der Waals surface area contributed by atoms with Gasteiger partial charge in [0.2, 0.25) is 0 Å². The van der Waals surface area contributed by atoms with Gasteiger partial charge in [-0.15, -0.1) is 11.3 Å². The molecular weight excluding hydrogens is 268 g/mol. The van der Waals surface area contributed by atoms with Crippen molar-refractivity contribution in [2.75, 3.05) is 0 Å². The van der Waals surface area contributed by atoms with Gasteiger partial charge in [0.15, 0.2) is 0 Å². The van der Waals surface area contributed by atoms with Crippen LogP contribution in [0, 0.1) is 0 Å². The van der Waals surface area contributed by atoms with Gasteiger partial charge in [0.05, 0.1) is 12.3 Å². The van der Waals surface area contributed by atoms with E-state index in [4.69, 9.17) is 0 Å². The van der Waals surface area contributed by atoms with E-state index in [0.717, 1.165) is 18.5 Å². The first kappa shape index (κ1) is 13.3. The molecule has 0 amide bonds. The maximum atomic E-state index is 10.4. The van der Waals surface area contributed by atoms with Crippen molar-refractivity contribution < 1.29 is 5.11 Å². The standard InChI is InChI=1S/C16H18N2OS/c1-2-7-18-10-13(9-17-18)15(19)8-12-11-20-16-6-4-3-5-14(12)16/h3-6,9-11,15,19H,2,7-8H2,1H3. The fraction of sp³-hybridized carbons (Fsp3) is 0.312. The highest BCUT2D eigenvalue weighted by Crippen LogP contribution is 2.29. The van der Waals surface area contributed by atoms with Crippen LogP contribution in [0.15, 0.2) is 42.0 Å². The first-order valence-corrected chi connectivity index (χ1v) is 7.81. The molecule has 0 fully saturated rings. The van der Waals surface area contributed by atoms with Crippen LogP contribution < -0.4 is 0 Å². The minimum atomic E-state index is -0.487. The van der Waals surface area contributed by atoms with Gasteiger partial charge in [-0.2, -0.15) is 5.10 Å². The molecule has 0 aliphatic rings. The van der Waals surface area contributed by atoms with E-state index in [-0.39, 0.29) is 0 Å². The molecule has 0 spiro atoms. The summed E-state index contributed by atoms with van der Waals surface area (Å²) in [6, 6.07) is 8.33. The Morgan fingerprint density at radius 1 is 1.35 bits per heavy atom. The lowest BCUT2D eigenvalue weighted by Crippen LogP contribution is -2.01. The molecule has 1 unspecified atom stereocenters. The monoisotopic (exact) mass is 286 g/mol. The van der Waals surface area contributed by atoms with E-state index in [1.54, 1.807) is 17.5 Å². The number of fused-ring (bicyclic) bond motifs is 1. The van der Waals surface area contributed by atoms with Crippen LogP contribution >= 0.6 is 11.3 Å².